The van der Waals surface area contributed by atoms with E-state index in [1.165, 1.54) is 31.2 Å². The molecule has 0 radical (unpaired) electrons. The van der Waals surface area contributed by atoms with Crippen LogP contribution in [0.3, 0.4) is 0 Å². The molecule has 4 heteroatoms. The maximum atomic E-state index is 14.1. The summed E-state index contributed by atoms with van der Waals surface area (Å²) in [5, 5.41) is 0. The van der Waals surface area contributed by atoms with Gasteiger partial charge in [-0.2, -0.15) is 17.6 Å². The van der Waals surface area contributed by atoms with Crippen LogP contribution in [0.2, 0.25) is 0 Å². The zero-order valence-corrected chi connectivity index (χ0v) is 15.4. The number of rotatable bonds is 4. The average molecular weight is 366 g/mol. The molecular formula is C22H26F4. The van der Waals surface area contributed by atoms with Crippen molar-refractivity contribution in [2.24, 2.45) is 5.92 Å². The number of alkyl halides is 4. The average Bonchev–Trinajstić information content (AvgIpc) is 2.61. The lowest BCUT2D eigenvalue weighted by molar-refractivity contribution is -0.164. The van der Waals surface area contributed by atoms with Crippen LogP contribution in [0.1, 0.15) is 63.0 Å². The Balaban J connectivity index is 1.63. The van der Waals surface area contributed by atoms with Crippen molar-refractivity contribution >= 4 is 0 Å². The summed E-state index contributed by atoms with van der Waals surface area (Å²) in [7, 11) is 0. The van der Waals surface area contributed by atoms with Gasteiger partial charge in [-0.1, -0.05) is 56.2 Å². The lowest BCUT2D eigenvalue weighted by Crippen LogP contribution is -2.44. The Hall–Kier alpha value is -1.58. The van der Waals surface area contributed by atoms with Gasteiger partial charge in [0, 0.05) is 11.1 Å². The first-order valence-electron chi connectivity index (χ1n) is 9.44. The van der Waals surface area contributed by atoms with Gasteiger partial charge in [0.2, 0.25) is 0 Å². The highest BCUT2D eigenvalue weighted by atomic mass is 19.3. The Bertz CT molecular complexity index is 689. The Kier molecular flexibility index (Phi) is 5.32. The van der Waals surface area contributed by atoms with Crippen molar-refractivity contribution in [3.05, 3.63) is 58.7 Å². The van der Waals surface area contributed by atoms with E-state index < -0.39 is 23.0 Å². The molecule has 1 aromatic carbocycles. The minimum Gasteiger partial charge on any atom is -0.194 e. The van der Waals surface area contributed by atoms with Crippen molar-refractivity contribution in [2.45, 2.75) is 70.1 Å². The Labute approximate surface area is 153 Å². The number of hydrogen-bond donors (Lipinski definition) is 0. The van der Waals surface area contributed by atoms with Gasteiger partial charge in [-0.05, 0) is 55.6 Å². The van der Waals surface area contributed by atoms with Gasteiger partial charge in [0.05, 0.1) is 0 Å². The summed E-state index contributed by atoms with van der Waals surface area (Å²) in [4.78, 5) is 0. The van der Waals surface area contributed by atoms with E-state index in [-0.39, 0.29) is 6.42 Å². The third kappa shape index (κ3) is 3.60. The predicted molar refractivity (Wildman–Crippen MR) is 96.9 cm³/mol. The molecule has 0 nitrogen and oxygen atoms in total. The molecule has 0 saturated heterocycles. The van der Waals surface area contributed by atoms with Gasteiger partial charge in [-0.3, -0.25) is 0 Å². The highest BCUT2D eigenvalue weighted by Crippen LogP contribution is 2.48. The maximum Gasteiger partial charge on any atom is 0.335 e. The molecule has 0 amide bonds. The number of benzene rings is 1. The highest BCUT2D eigenvalue weighted by Gasteiger charge is 2.60. The lowest BCUT2D eigenvalue weighted by atomic mass is 9.79. The Morgan fingerprint density at radius 2 is 1.46 bits per heavy atom. The van der Waals surface area contributed by atoms with E-state index in [9.17, 15) is 17.6 Å². The van der Waals surface area contributed by atoms with E-state index >= 15 is 0 Å². The van der Waals surface area contributed by atoms with E-state index in [2.05, 4.69) is 19.1 Å². The van der Waals surface area contributed by atoms with Gasteiger partial charge >= 0.3 is 11.8 Å². The van der Waals surface area contributed by atoms with E-state index in [0.717, 1.165) is 30.6 Å². The van der Waals surface area contributed by atoms with Gasteiger partial charge in [0.15, 0.2) is 0 Å². The highest BCUT2D eigenvalue weighted by molar-refractivity contribution is 5.37. The van der Waals surface area contributed by atoms with Crippen molar-refractivity contribution in [1.29, 1.82) is 0 Å². The van der Waals surface area contributed by atoms with Gasteiger partial charge in [-0.25, -0.2) is 0 Å². The third-order valence-electron chi connectivity index (χ3n) is 5.98. The van der Waals surface area contributed by atoms with Gasteiger partial charge in [-0.15, -0.1) is 0 Å². The van der Waals surface area contributed by atoms with E-state index in [1.807, 2.05) is 12.1 Å². The molecule has 0 N–H and O–H groups in total. The van der Waals surface area contributed by atoms with Crippen LogP contribution in [0.4, 0.5) is 17.6 Å². The van der Waals surface area contributed by atoms with Crippen molar-refractivity contribution in [3.8, 4) is 0 Å². The molecule has 142 valence electrons. The zero-order chi connectivity index (χ0) is 18.9. The second-order valence-electron chi connectivity index (χ2n) is 7.89. The summed E-state index contributed by atoms with van der Waals surface area (Å²) in [6.45, 7) is 3.33. The van der Waals surface area contributed by atoms with Crippen molar-refractivity contribution in [3.63, 3.8) is 0 Å². The van der Waals surface area contributed by atoms with Gasteiger partial charge < -0.3 is 0 Å². The summed E-state index contributed by atoms with van der Waals surface area (Å²) < 4.78 is 55.7. The summed E-state index contributed by atoms with van der Waals surface area (Å²) >= 11 is 0. The number of aryl methyl sites for hydroxylation is 1. The van der Waals surface area contributed by atoms with Crippen LogP contribution in [-0.2, 0) is 6.42 Å². The third-order valence-corrected chi connectivity index (χ3v) is 5.98. The summed E-state index contributed by atoms with van der Waals surface area (Å²) in [5.41, 5.74) is 1.13. The van der Waals surface area contributed by atoms with Crippen LogP contribution in [0.15, 0.2) is 47.6 Å². The predicted octanol–water partition coefficient (Wildman–Crippen LogP) is 7.07. The molecule has 0 atom stereocenters. The fraction of sp³-hybridized carbons (Fsp3) is 0.545. The lowest BCUT2D eigenvalue weighted by Gasteiger charge is -2.32. The zero-order valence-electron chi connectivity index (χ0n) is 15.4. The maximum absolute atomic E-state index is 14.1. The van der Waals surface area contributed by atoms with E-state index in [1.54, 1.807) is 0 Å². The first-order chi connectivity index (χ1) is 12.2. The molecule has 1 fully saturated rings. The van der Waals surface area contributed by atoms with Crippen LogP contribution in [-0.4, -0.2) is 11.8 Å². The standard InChI is InChI=1S/C22H26F4/c1-15-3-9-18(10-4-15)19-11-6-17(7-12-19)8-14-20-13-5-16(2)21(23,24)22(20,25)26/h5-7,11-13,15,18H,3-4,8-10,14H2,1-2H3. The molecular weight excluding hydrogens is 340 g/mol. The molecule has 3 rings (SSSR count). The Morgan fingerprint density at radius 3 is 2.08 bits per heavy atom. The molecule has 0 heterocycles. The molecule has 0 unspecified atom stereocenters. The van der Waals surface area contributed by atoms with Crippen LogP contribution in [0.25, 0.3) is 0 Å². The van der Waals surface area contributed by atoms with Crippen LogP contribution < -0.4 is 0 Å². The molecule has 26 heavy (non-hydrogen) atoms. The van der Waals surface area contributed by atoms with Crippen molar-refractivity contribution < 1.29 is 17.6 Å². The molecule has 0 aromatic heterocycles. The largest absolute Gasteiger partial charge is 0.335 e. The minimum atomic E-state index is -4.11. The molecule has 1 saturated carbocycles. The molecule has 1 aromatic rings. The van der Waals surface area contributed by atoms with Crippen LogP contribution in [0.5, 0.6) is 0 Å². The van der Waals surface area contributed by atoms with Crippen LogP contribution >= 0.6 is 0 Å². The molecule has 2 aliphatic rings. The number of allylic oxidation sites excluding steroid dienone is 4. The van der Waals surface area contributed by atoms with Gasteiger partial charge in [0.1, 0.15) is 0 Å². The fourth-order valence-corrected chi connectivity index (χ4v) is 3.95. The van der Waals surface area contributed by atoms with E-state index in [0.29, 0.717) is 12.3 Å². The summed E-state index contributed by atoms with van der Waals surface area (Å²) in [6, 6.07) is 8.05. The van der Waals surface area contributed by atoms with Gasteiger partial charge in [0.25, 0.3) is 0 Å². The fourth-order valence-electron chi connectivity index (χ4n) is 3.95. The second kappa shape index (κ2) is 7.21. The summed E-state index contributed by atoms with van der Waals surface area (Å²) in [6.07, 6.45) is 7.43. The first-order valence-corrected chi connectivity index (χ1v) is 9.44. The summed E-state index contributed by atoms with van der Waals surface area (Å²) in [5.74, 6) is -6.83. The van der Waals surface area contributed by atoms with Crippen molar-refractivity contribution in [1.82, 2.24) is 0 Å². The number of hydrogen-bond acceptors (Lipinski definition) is 0. The molecule has 0 spiro atoms. The number of halogens is 4. The normalized spacial score (nSPS) is 27.6. The molecule has 2 aliphatic carbocycles. The minimum absolute atomic E-state index is 0.0628. The first kappa shape index (κ1) is 19.2. The molecule has 0 aliphatic heterocycles. The van der Waals surface area contributed by atoms with E-state index in [4.69, 9.17) is 0 Å². The second-order valence-corrected chi connectivity index (χ2v) is 7.89. The quantitative estimate of drug-likeness (QED) is 0.500. The SMILES string of the molecule is CC1=CC=C(CCc2ccc(C3CCC(C)CC3)cc2)C(F)(F)C1(F)F. The van der Waals surface area contributed by atoms with Crippen molar-refractivity contribution in [2.75, 3.05) is 0 Å². The Morgan fingerprint density at radius 1 is 0.846 bits per heavy atom. The smallest absolute Gasteiger partial charge is 0.194 e. The van der Waals surface area contributed by atoms with Crippen LogP contribution in [0, 0.1) is 5.92 Å². The topological polar surface area (TPSA) is 0 Å². The monoisotopic (exact) mass is 366 g/mol. The molecule has 0 bridgehead atoms.